The van der Waals surface area contributed by atoms with E-state index in [2.05, 4.69) is 0 Å². The molecular weight excluding hydrogens is 247 g/mol. The minimum atomic E-state index is -0.531. The molecule has 1 aromatic carbocycles. The lowest BCUT2D eigenvalue weighted by atomic mass is 10.2. The monoisotopic (exact) mass is 262 g/mol. The molecule has 6 heteroatoms. The first-order chi connectivity index (χ1) is 8.07. The van der Waals surface area contributed by atoms with Crippen LogP contribution in [-0.4, -0.2) is 38.5 Å². The topological polar surface area (TPSA) is 58.7 Å². The number of likely N-dealkylation sites (N-methyl/N-ethyl adjacent to an activating group) is 1. The van der Waals surface area contributed by atoms with Gasteiger partial charge in [-0.2, -0.15) is 0 Å². The predicted molar refractivity (Wildman–Crippen MR) is 67.0 cm³/mol. The third-order valence-corrected chi connectivity index (χ3v) is 2.58. The van der Waals surface area contributed by atoms with Crippen LogP contribution in [0.1, 0.15) is 0 Å². The molecule has 0 radical (unpaired) electrons. The second-order valence-electron chi connectivity index (χ2n) is 3.56. The number of ether oxygens (including phenoxy) is 1. The molecule has 0 aliphatic heterocycles. The van der Waals surface area contributed by atoms with Crippen LogP contribution in [0.15, 0.2) is 12.1 Å². The fourth-order valence-electron chi connectivity index (χ4n) is 1.42. The number of anilines is 2. The lowest BCUT2D eigenvalue weighted by molar-refractivity contribution is 0.0971. The van der Waals surface area contributed by atoms with E-state index in [1.54, 1.807) is 18.0 Å². The van der Waals surface area contributed by atoms with Crippen LogP contribution in [-0.2, 0) is 4.74 Å². The molecule has 0 saturated carbocycles. The van der Waals surface area contributed by atoms with Gasteiger partial charge < -0.3 is 20.5 Å². The molecule has 0 aromatic heterocycles. The number of aliphatic hydroxyl groups is 1. The molecule has 0 spiro atoms. The van der Waals surface area contributed by atoms with Gasteiger partial charge in [-0.15, -0.1) is 0 Å². The maximum atomic E-state index is 13.8. The molecule has 0 fully saturated rings. The minimum absolute atomic E-state index is 0.0304. The zero-order valence-electron chi connectivity index (χ0n) is 9.62. The molecule has 4 nitrogen and oxygen atoms in total. The second-order valence-corrected chi connectivity index (χ2v) is 3.96. The van der Waals surface area contributed by atoms with Gasteiger partial charge in [0.2, 0.25) is 0 Å². The van der Waals surface area contributed by atoms with Crippen LogP contribution in [0.25, 0.3) is 0 Å². The van der Waals surface area contributed by atoms with Crippen molar-refractivity contribution < 1.29 is 14.2 Å². The van der Waals surface area contributed by atoms with Gasteiger partial charge in [0.05, 0.1) is 36.2 Å². The largest absolute Gasteiger partial charge is 0.397 e. The molecule has 1 aromatic rings. The van der Waals surface area contributed by atoms with Gasteiger partial charge in [0.25, 0.3) is 0 Å². The smallest absolute Gasteiger partial charge is 0.167 e. The van der Waals surface area contributed by atoms with E-state index in [1.807, 2.05) is 0 Å². The quantitative estimate of drug-likeness (QED) is 0.603. The number of nitrogens with two attached hydrogens (primary N) is 1. The van der Waals surface area contributed by atoms with E-state index in [9.17, 15) is 4.39 Å². The highest BCUT2D eigenvalue weighted by Gasteiger charge is 2.14. The Morgan fingerprint density at radius 2 is 2.18 bits per heavy atom. The average Bonchev–Trinajstić information content (AvgIpc) is 2.30. The second kappa shape index (κ2) is 6.64. The summed E-state index contributed by atoms with van der Waals surface area (Å²) in [4.78, 5) is 1.63. The van der Waals surface area contributed by atoms with Crippen molar-refractivity contribution in [1.82, 2.24) is 0 Å². The van der Waals surface area contributed by atoms with Crippen molar-refractivity contribution in [1.29, 1.82) is 0 Å². The summed E-state index contributed by atoms with van der Waals surface area (Å²) in [5.74, 6) is -0.531. The van der Waals surface area contributed by atoms with Crippen molar-refractivity contribution in [3.05, 3.63) is 23.0 Å². The van der Waals surface area contributed by atoms with Crippen LogP contribution in [0.4, 0.5) is 15.8 Å². The molecule has 0 bridgehead atoms. The van der Waals surface area contributed by atoms with E-state index in [1.165, 1.54) is 6.07 Å². The van der Waals surface area contributed by atoms with Crippen molar-refractivity contribution in [3.8, 4) is 0 Å². The van der Waals surface area contributed by atoms with Crippen LogP contribution in [0.2, 0.25) is 5.02 Å². The minimum Gasteiger partial charge on any atom is -0.397 e. The molecule has 0 amide bonds. The number of aliphatic hydroxyl groups excluding tert-OH is 1. The fourth-order valence-corrected chi connectivity index (χ4v) is 1.58. The summed E-state index contributed by atoms with van der Waals surface area (Å²) in [6.45, 7) is 1.07. The van der Waals surface area contributed by atoms with Crippen molar-refractivity contribution in [3.63, 3.8) is 0 Å². The molecule has 1 rings (SSSR count). The van der Waals surface area contributed by atoms with E-state index in [4.69, 9.17) is 27.2 Å². The van der Waals surface area contributed by atoms with Crippen LogP contribution >= 0.6 is 11.6 Å². The third-order valence-electron chi connectivity index (χ3n) is 2.29. The Bertz CT molecular complexity index is 377. The number of halogens is 2. The number of hydrogen-bond acceptors (Lipinski definition) is 4. The lowest BCUT2D eigenvalue weighted by Crippen LogP contribution is -2.25. The summed E-state index contributed by atoms with van der Waals surface area (Å²) in [5.41, 5.74) is 6.30. The Morgan fingerprint density at radius 1 is 1.47 bits per heavy atom. The first kappa shape index (κ1) is 14.0. The Morgan fingerprint density at radius 3 is 2.82 bits per heavy atom. The van der Waals surface area contributed by atoms with Crippen molar-refractivity contribution >= 4 is 23.0 Å². The predicted octanol–water partition coefficient (Wildman–Crippen LogP) is 1.51. The Labute approximate surface area is 105 Å². The molecule has 0 atom stereocenters. The summed E-state index contributed by atoms with van der Waals surface area (Å²) < 4.78 is 18.9. The zero-order valence-corrected chi connectivity index (χ0v) is 10.4. The standard InChI is InChI=1S/C11H16ClFN2O2/c1-15(4-6-17-7-5-16)11-9(14)3-2-8(12)10(11)13/h2-3,16H,4-7,14H2,1H3. The fraction of sp³-hybridized carbons (Fsp3) is 0.455. The van der Waals surface area contributed by atoms with Crippen molar-refractivity contribution in [2.75, 3.05) is 44.0 Å². The first-order valence-electron chi connectivity index (χ1n) is 5.21. The highest BCUT2D eigenvalue weighted by Crippen LogP contribution is 2.30. The van der Waals surface area contributed by atoms with Crippen molar-refractivity contribution in [2.45, 2.75) is 0 Å². The lowest BCUT2D eigenvalue weighted by Gasteiger charge is -2.22. The molecule has 96 valence electrons. The molecule has 0 saturated heterocycles. The normalized spacial score (nSPS) is 10.6. The number of hydrogen-bond donors (Lipinski definition) is 2. The van der Waals surface area contributed by atoms with Gasteiger partial charge in [-0.05, 0) is 12.1 Å². The van der Waals surface area contributed by atoms with Gasteiger partial charge in [0.15, 0.2) is 5.82 Å². The maximum Gasteiger partial charge on any atom is 0.167 e. The molecule has 0 aliphatic rings. The summed E-state index contributed by atoms with van der Waals surface area (Å²) in [6, 6.07) is 2.98. The van der Waals surface area contributed by atoms with E-state index in [-0.39, 0.29) is 23.9 Å². The first-order valence-corrected chi connectivity index (χ1v) is 5.59. The van der Waals surface area contributed by atoms with E-state index in [0.717, 1.165) is 0 Å². The van der Waals surface area contributed by atoms with E-state index < -0.39 is 5.82 Å². The summed E-state index contributed by atoms with van der Waals surface area (Å²) in [7, 11) is 1.70. The summed E-state index contributed by atoms with van der Waals surface area (Å²) in [5, 5.41) is 8.58. The molecule has 17 heavy (non-hydrogen) atoms. The summed E-state index contributed by atoms with van der Waals surface area (Å²) in [6.07, 6.45) is 0. The van der Waals surface area contributed by atoms with Gasteiger partial charge in [0, 0.05) is 13.6 Å². The molecular formula is C11H16ClFN2O2. The maximum absolute atomic E-state index is 13.8. The van der Waals surface area contributed by atoms with Gasteiger partial charge >= 0.3 is 0 Å². The zero-order chi connectivity index (χ0) is 12.8. The van der Waals surface area contributed by atoms with E-state index >= 15 is 0 Å². The van der Waals surface area contributed by atoms with Gasteiger partial charge in [-0.25, -0.2) is 4.39 Å². The van der Waals surface area contributed by atoms with Crippen LogP contribution in [0.5, 0.6) is 0 Å². The Balaban J connectivity index is 2.68. The molecule has 0 heterocycles. The number of benzene rings is 1. The SMILES string of the molecule is CN(CCOCCO)c1c(N)ccc(Cl)c1F. The van der Waals surface area contributed by atoms with Crippen molar-refractivity contribution in [2.24, 2.45) is 0 Å². The molecule has 3 N–H and O–H groups in total. The molecule has 0 aliphatic carbocycles. The van der Waals surface area contributed by atoms with Crippen LogP contribution in [0, 0.1) is 5.82 Å². The number of nitrogen functional groups attached to an aromatic ring is 1. The Hall–Kier alpha value is -1.04. The highest BCUT2D eigenvalue weighted by atomic mass is 35.5. The highest BCUT2D eigenvalue weighted by molar-refractivity contribution is 6.31. The van der Waals surface area contributed by atoms with Gasteiger partial charge in [0.1, 0.15) is 0 Å². The molecule has 0 unspecified atom stereocenters. The van der Waals surface area contributed by atoms with Crippen LogP contribution < -0.4 is 10.6 Å². The average molecular weight is 263 g/mol. The van der Waals surface area contributed by atoms with Crippen LogP contribution in [0.3, 0.4) is 0 Å². The Kier molecular flexibility index (Phi) is 5.47. The third kappa shape index (κ3) is 3.73. The van der Waals surface area contributed by atoms with Gasteiger partial charge in [-0.3, -0.25) is 0 Å². The number of nitrogens with zero attached hydrogens (tertiary/aromatic N) is 1. The van der Waals surface area contributed by atoms with E-state index in [0.29, 0.717) is 18.8 Å². The summed E-state index contributed by atoms with van der Waals surface area (Å²) >= 11 is 5.69. The van der Waals surface area contributed by atoms with Gasteiger partial charge in [-0.1, -0.05) is 11.6 Å². The number of rotatable bonds is 6.